The minimum absolute atomic E-state index is 0.0113. The predicted molar refractivity (Wildman–Crippen MR) is 80.1 cm³/mol. The zero-order valence-electron chi connectivity index (χ0n) is 12.6. The molecule has 3 rings (SSSR count). The number of amides is 2. The van der Waals surface area contributed by atoms with Crippen molar-refractivity contribution >= 4 is 11.8 Å². The molecular formula is C16H21N3O3. The zero-order valence-corrected chi connectivity index (χ0v) is 12.6. The number of nitrogens with zero attached hydrogens (tertiary/aromatic N) is 3. The normalized spacial score (nSPS) is 21.9. The number of hydrogen-bond acceptors (Lipinski definition) is 4. The maximum Gasteiger partial charge on any atom is 0.245 e. The summed E-state index contributed by atoms with van der Waals surface area (Å²) >= 11 is 0. The summed E-state index contributed by atoms with van der Waals surface area (Å²) in [7, 11) is 0. The van der Waals surface area contributed by atoms with Gasteiger partial charge in [-0.15, -0.1) is 0 Å². The average molecular weight is 303 g/mol. The number of pyridine rings is 1. The van der Waals surface area contributed by atoms with Crippen molar-refractivity contribution in [2.75, 3.05) is 32.8 Å². The SMILES string of the molecule is O=C([C@@H]1CCCN1C(=O)Cc1ccccn1)N1CCOCC1. The number of likely N-dealkylation sites (tertiary alicyclic amines) is 1. The van der Waals surface area contributed by atoms with Crippen molar-refractivity contribution in [2.24, 2.45) is 0 Å². The number of aromatic nitrogens is 1. The van der Waals surface area contributed by atoms with Crippen LogP contribution in [-0.2, 0) is 20.7 Å². The van der Waals surface area contributed by atoms with Crippen molar-refractivity contribution in [3.8, 4) is 0 Å². The van der Waals surface area contributed by atoms with E-state index in [1.165, 1.54) is 0 Å². The maximum absolute atomic E-state index is 12.6. The van der Waals surface area contributed by atoms with Gasteiger partial charge in [-0.2, -0.15) is 0 Å². The second kappa shape index (κ2) is 6.87. The fraction of sp³-hybridized carbons (Fsp3) is 0.562. The molecule has 22 heavy (non-hydrogen) atoms. The van der Waals surface area contributed by atoms with E-state index in [2.05, 4.69) is 4.98 Å². The molecule has 1 atom stereocenters. The second-order valence-electron chi connectivity index (χ2n) is 5.68. The Balaban J connectivity index is 1.64. The molecular weight excluding hydrogens is 282 g/mol. The molecule has 2 fully saturated rings. The largest absolute Gasteiger partial charge is 0.378 e. The molecule has 2 amide bonds. The fourth-order valence-electron chi connectivity index (χ4n) is 3.08. The molecule has 0 spiro atoms. The number of ether oxygens (including phenoxy) is 1. The van der Waals surface area contributed by atoms with Gasteiger partial charge in [-0.3, -0.25) is 14.6 Å². The third kappa shape index (κ3) is 3.27. The lowest BCUT2D eigenvalue weighted by atomic mass is 10.1. The third-order valence-corrected chi connectivity index (χ3v) is 4.24. The first-order chi connectivity index (χ1) is 10.8. The lowest BCUT2D eigenvalue weighted by molar-refractivity contribution is -0.146. The van der Waals surface area contributed by atoms with Crippen LogP contribution in [0.2, 0.25) is 0 Å². The van der Waals surface area contributed by atoms with Crippen LogP contribution in [-0.4, -0.2) is 65.5 Å². The highest BCUT2D eigenvalue weighted by Crippen LogP contribution is 2.21. The average Bonchev–Trinajstić information content (AvgIpc) is 3.05. The zero-order chi connectivity index (χ0) is 15.4. The number of morpholine rings is 1. The lowest BCUT2D eigenvalue weighted by Gasteiger charge is -2.32. The molecule has 0 saturated carbocycles. The van der Waals surface area contributed by atoms with Crippen LogP contribution in [0.4, 0.5) is 0 Å². The molecule has 0 aliphatic carbocycles. The predicted octanol–water partition coefficient (Wildman–Crippen LogP) is 0.474. The van der Waals surface area contributed by atoms with Crippen molar-refractivity contribution in [3.63, 3.8) is 0 Å². The Labute approximate surface area is 130 Å². The van der Waals surface area contributed by atoms with Gasteiger partial charge in [0.05, 0.1) is 19.6 Å². The third-order valence-electron chi connectivity index (χ3n) is 4.24. The van der Waals surface area contributed by atoms with E-state index in [9.17, 15) is 9.59 Å². The molecule has 2 aliphatic heterocycles. The molecule has 2 aliphatic rings. The Morgan fingerprint density at radius 1 is 1.23 bits per heavy atom. The Morgan fingerprint density at radius 2 is 2.05 bits per heavy atom. The van der Waals surface area contributed by atoms with E-state index in [-0.39, 0.29) is 24.3 Å². The van der Waals surface area contributed by atoms with Crippen LogP contribution in [0, 0.1) is 0 Å². The van der Waals surface area contributed by atoms with Gasteiger partial charge >= 0.3 is 0 Å². The quantitative estimate of drug-likeness (QED) is 0.814. The highest BCUT2D eigenvalue weighted by Gasteiger charge is 2.36. The van der Waals surface area contributed by atoms with Crippen LogP contribution in [0.15, 0.2) is 24.4 Å². The summed E-state index contributed by atoms with van der Waals surface area (Å²) in [5.74, 6) is 0.0537. The van der Waals surface area contributed by atoms with E-state index in [0.717, 1.165) is 18.5 Å². The standard InChI is InChI=1S/C16H21N3O3/c20-15(12-13-4-1-2-6-17-13)19-7-3-5-14(19)16(21)18-8-10-22-11-9-18/h1-2,4,6,14H,3,5,7-12H2/t14-/m0/s1. The minimum Gasteiger partial charge on any atom is -0.378 e. The van der Waals surface area contributed by atoms with Crippen LogP contribution in [0.25, 0.3) is 0 Å². The summed E-state index contributed by atoms with van der Waals surface area (Å²) in [5, 5.41) is 0. The van der Waals surface area contributed by atoms with Crippen LogP contribution < -0.4 is 0 Å². The Morgan fingerprint density at radius 3 is 2.77 bits per heavy atom. The van der Waals surface area contributed by atoms with Crippen molar-refractivity contribution in [3.05, 3.63) is 30.1 Å². The summed E-state index contributed by atoms with van der Waals surface area (Å²) in [5.41, 5.74) is 0.747. The molecule has 1 aromatic heterocycles. The molecule has 2 saturated heterocycles. The summed E-state index contributed by atoms with van der Waals surface area (Å²) in [4.78, 5) is 32.9. The molecule has 6 heteroatoms. The van der Waals surface area contributed by atoms with E-state index >= 15 is 0 Å². The first-order valence-electron chi connectivity index (χ1n) is 7.81. The number of rotatable bonds is 3. The number of hydrogen-bond donors (Lipinski definition) is 0. The van der Waals surface area contributed by atoms with Crippen LogP contribution >= 0.6 is 0 Å². The van der Waals surface area contributed by atoms with E-state index in [1.54, 1.807) is 11.1 Å². The molecule has 0 unspecified atom stereocenters. The van der Waals surface area contributed by atoms with Crippen LogP contribution in [0.3, 0.4) is 0 Å². The molecule has 1 aromatic rings. The van der Waals surface area contributed by atoms with E-state index in [1.807, 2.05) is 23.1 Å². The van der Waals surface area contributed by atoms with Gasteiger partial charge < -0.3 is 14.5 Å². The summed E-state index contributed by atoms with van der Waals surface area (Å²) in [6.45, 7) is 3.07. The molecule has 0 aromatic carbocycles. The van der Waals surface area contributed by atoms with Gasteiger partial charge in [0.1, 0.15) is 6.04 Å². The van der Waals surface area contributed by atoms with E-state index < -0.39 is 0 Å². The Hall–Kier alpha value is -1.95. The summed E-state index contributed by atoms with van der Waals surface area (Å²) in [6, 6.07) is 5.23. The van der Waals surface area contributed by atoms with Gasteiger partial charge in [0.2, 0.25) is 11.8 Å². The molecule has 0 N–H and O–H groups in total. The van der Waals surface area contributed by atoms with E-state index in [4.69, 9.17) is 4.74 Å². The van der Waals surface area contributed by atoms with Gasteiger partial charge in [-0.05, 0) is 25.0 Å². The minimum atomic E-state index is -0.311. The van der Waals surface area contributed by atoms with Crippen LogP contribution in [0.5, 0.6) is 0 Å². The monoisotopic (exact) mass is 303 g/mol. The van der Waals surface area contributed by atoms with E-state index in [0.29, 0.717) is 32.8 Å². The highest BCUT2D eigenvalue weighted by molar-refractivity contribution is 5.89. The Kier molecular flexibility index (Phi) is 4.68. The molecule has 118 valence electrons. The van der Waals surface area contributed by atoms with Crippen molar-refractivity contribution in [1.82, 2.24) is 14.8 Å². The summed E-state index contributed by atoms with van der Waals surface area (Å²) in [6.07, 6.45) is 3.58. The Bertz CT molecular complexity index is 529. The summed E-state index contributed by atoms with van der Waals surface area (Å²) < 4.78 is 5.28. The molecule has 6 nitrogen and oxygen atoms in total. The first kappa shape index (κ1) is 15.0. The molecule has 0 bridgehead atoms. The van der Waals surface area contributed by atoms with Crippen molar-refractivity contribution in [1.29, 1.82) is 0 Å². The number of carbonyl (C=O) groups is 2. The van der Waals surface area contributed by atoms with Crippen molar-refractivity contribution in [2.45, 2.75) is 25.3 Å². The van der Waals surface area contributed by atoms with Gasteiger partial charge in [0.15, 0.2) is 0 Å². The van der Waals surface area contributed by atoms with Crippen LogP contribution in [0.1, 0.15) is 18.5 Å². The number of carbonyl (C=O) groups excluding carboxylic acids is 2. The maximum atomic E-state index is 12.6. The topological polar surface area (TPSA) is 62.7 Å². The molecule has 3 heterocycles. The second-order valence-corrected chi connectivity index (χ2v) is 5.68. The fourth-order valence-corrected chi connectivity index (χ4v) is 3.08. The smallest absolute Gasteiger partial charge is 0.245 e. The van der Waals surface area contributed by atoms with Gasteiger partial charge in [-0.25, -0.2) is 0 Å². The van der Waals surface area contributed by atoms with Gasteiger partial charge in [0, 0.05) is 31.5 Å². The first-order valence-corrected chi connectivity index (χ1v) is 7.81. The van der Waals surface area contributed by atoms with Gasteiger partial charge in [-0.1, -0.05) is 6.07 Å². The lowest BCUT2D eigenvalue weighted by Crippen LogP contribution is -2.51. The van der Waals surface area contributed by atoms with Crippen molar-refractivity contribution < 1.29 is 14.3 Å². The van der Waals surface area contributed by atoms with Gasteiger partial charge in [0.25, 0.3) is 0 Å². The molecule has 0 radical (unpaired) electrons. The highest BCUT2D eigenvalue weighted by atomic mass is 16.5.